The smallest absolute Gasteiger partial charge is 0.156 e. The number of hydrogen-bond acceptors (Lipinski definition) is 2. The number of allylic oxidation sites excluding steroid dienone is 2. The summed E-state index contributed by atoms with van der Waals surface area (Å²) >= 11 is 0. The van der Waals surface area contributed by atoms with Gasteiger partial charge in [-0.25, -0.2) is 0 Å². The fourth-order valence-corrected chi connectivity index (χ4v) is 7.35. The molecule has 2 nitrogen and oxygen atoms in total. The van der Waals surface area contributed by atoms with E-state index in [4.69, 9.17) is 0 Å². The van der Waals surface area contributed by atoms with E-state index in [1.807, 2.05) is 0 Å². The summed E-state index contributed by atoms with van der Waals surface area (Å²) in [6.45, 7) is 6.65. The van der Waals surface area contributed by atoms with Gasteiger partial charge in [0.1, 0.15) is 0 Å². The van der Waals surface area contributed by atoms with Gasteiger partial charge in [0.25, 0.3) is 0 Å². The molecule has 128 valence electrons. The number of carbonyl (C=O) groups is 1. The summed E-state index contributed by atoms with van der Waals surface area (Å²) in [5.41, 5.74) is 1.71. The highest BCUT2D eigenvalue weighted by atomic mass is 16.3. The number of aliphatic hydroxyl groups excluding tert-OH is 1. The number of Topliss-reactive ketones (excluding diaryl/α,β-unsaturated/α-hetero) is 1. The summed E-state index contributed by atoms with van der Waals surface area (Å²) in [6.07, 6.45) is 11.6. The Morgan fingerprint density at radius 1 is 1.13 bits per heavy atom. The monoisotopic (exact) mass is 316 g/mol. The van der Waals surface area contributed by atoms with Crippen LogP contribution in [-0.2, 0) is 4.79 Å². The molecular weight excluding hydrogens is 284 g/mol. The predicted molar refractivity (Wildman–Crippen MR) is 91.9 cm³/mol. The van der Waals surface area contributed by atoms with E-state index >= 15 is 0 Å². The van der Waals surface area contributed by atoms with Gasteiger partial charge in [-0.3, -0.25) is 4.79 Å². The van der Waals surface area contributed by atoms with E-state index in [1.165, 1.54) is 32.1 Å². The molecule has 0 saturated heterocycles. The second-order valence-corrected chi connectivity index (χ2v) is 9.45. The Bertz CT molecular complexity index is 550. The van der Waals surface area contributed by atoms with Crippen molar-refractivity contribution in [2.45, 2.75) is 78.2 Å². The third kappa shape index (κ3) is 2.13. The first kappa shape index (κ1) is 15.9. The number of hydrogen-bond donors (Lipinski definition) is 1. The van der Waals surface area contributed by atoms with Gasteiger partial charge in [-0.05, 0) is 98.4 Å². The van der Waals surface area contributed by atoms with Gasteiger partial charge < -0.3 is 5.11 Å². The van der Waals surface area contributed by atoms with E-state index in [1.54, 1.807) is 6.92 Å². The van der Waals surface area contributed by atoms with Crippen molar-refractivity contribution in [3.8, 4) is 0 Å². The molecule has 1 N–H and O–H groups in total. The fraction of sp³-hybridized carbons (Fsp3) is 0.857. The van der Waals surface area contributed by atoms with Crippen LogP contribution in [0.3, 0.4) is 0 Å². The van der Waals surface area contributed by atoms with Gasteiger partial charge in [-0.15, -0.1) is 0 Å². The lowest BCUT2D eigenvalue weighted by molar-refractivity contribution is -0.124. The molecule has 4 aliphatic rings. The van der Waals surface area contributed by atoms with Crippen LogP contribution in [0.15, 0.2) is 11.6 Å². The maximum Gasteiger partial charge on any atom is 0.156 e. The molecular formula is C21H32O2. The highest BCUT2D eigenvalue weighted by Gasteiger charge is 2.58. The molecule has 3 fully saturated rings. The summed E-state index contributed by atoms with van der Waals surface area (Å²) in [7, 11) is 0. The number of carbonyl (C=O) groups excluding carboxylic acids is 1. The molecule has 0 unspecified atom stereocenters. The second-order valence-electron chi connectivity index (χ2n) is 9.45. The summed E-state index contributed by atoms with van der Waals surface area (Å²) in [6, 6.07) is 0. The van der Waals surface area contributed by atoms with Crippen molar-refractivity contribution in [2.75, 3.05) is 0 Å². The van der Waals surface area contributed by atoms with Gasteiger partial charge in [0.15, 0.2) is 5.78 Å². The molecule has 0 aliphatic heterocycles. The molecule has 0 aromatic heterocycles. The summed E-state index contributed by atoms with van der Waals surface area (Å²) in [4.78, 5) is 12.1. The topological polar surface area (TPSA) is 37.3 Å². The number of rotatable bonds is 1. The van der Waals surface area contributed by atoms with Gasteiger partial charge in [-0.2, -0.15) is 0 Å². The van der Waals surface area contributed by atoms with E-state index in [2.05, 4.69) is 19.9 Å². The minimum atomic E-state index is -0.0593. The lowest BCUT2D eigenvalue weighted by atomic mass is 9.44. The van der Waals surface area contributed by atoms with Crippen LogP contribution >= 0.6 is 0 Å². The quantitative estimate of drug-likeness (QED) is 0.772. The van der Waals surface area contributed by atoms with Crippen LogP contribution in [0.5, 0.6) is 0 Å². The van der Waals surface area contributed by atoms with Crippen molar-refractivity contribution in [2.24, 2.45) is 34.5 Å². The van der Waals surface area contributed by atoms with E-state index in [9.17, 15) is 9.90 Å². The Balaban J connectivity index is 1.62. The first-order valence-corrected chi connectivity index (χ1v) is 9.76. The molecule has 7 atom stereocenters. The average molecular weight is 316 g/mol. The Hall–Kier alpha value is -0.630. The second kappa shape index (κ2) is 5.18. The maximum atomic E-state index is 12.1. The van der Waals surface area contributed by atoms with Crippen molar-refractivity contribution in [1.29, 1.82) is 0 Å². The average Bonchev–Trinajstić information content (AvgIpc) is 2.85. The highest BCUT2D eigenvalue weighted by molar-refractivity contribution is 5.95. The number of aliphatic hydroxyl groups is 1. The van der Waals surface area contributed by atoms with Crippen LogP contribution in [0.1, 0.15) is 72.1 Å². The molecule has 4 aliphatic carbocycles. The van der Waals surface area contributed by atoms with Gasteiger partial charge >= 0.3 is 0 Å². The van der Waals surface area contributed by atoms with E-state index in [0.29, 0.717) is 17.1 Å². The Labute approximate surface area is 140 Å². The predicted octanol–water partition coefficient (Wildman–Crippen LogP) is 4.52. The van der Waals surface area contributed by atoms with E-state index < -0.39 is 0 Å². The van der Waals surface area contributed by atoms with Gasteiger partial charge in [0.2, 0.25) is 0 Å². The number of ketones is 1. The molecule has 0 bridgehead atoms. The maximum absolute atomic E-state index is 12.1. The van der Waals surface area contributed by atoms with E-state index in [-0.39, 0.29) is 11.5 Å². The summed E-state index contributed by atoms with van der Waals surface area (Å²) in [5.74, 6) is 3.31. The third-order valence-electron chi connectivity index (χ3n) is 8.60. The van der Waals surface area contributed by atoms with Gasteiger partial charge in [0, 0.05) is 0 Å². The van der Waals surface area contributed by atoms with Crippen LogP contribution in [-0.4, -0.2) is 17.0 Å². The van der Waals surface area contributed by atoms with Gasteiger partial charge in [0.05, 0.1) is 6.10 Å². The van der Waals surface area contributed by atoms with Crippen LogP contribution < -0.4 is 0 Å². The molecule has 23 heavy (non-hydrogen) atoms. The Kier molecular flexibility index (Phi) is 3.58. The molecule has 0 amide bonds. The van der Waals surface area contributed by atoms with Crippen molar-refractivity contribution in [3.05, 3.63) is 11.6 Å². The molecule has 0 aromatic carbocycles. The van der Waals surface area contributed by atoms with Crippen molar-refractivity contribution in [3.63, 3.8) is 0 Å². The normalized spacial score (nSPS) is 52.2. The zero-order chi connectivity index (χ0) is 16.4. The Morgan fingerprint density at radius 3 is 2.65 bits per heavy atom. The van der Waals surface area contributed by atoms with Crippen LogP contribution in [0.25, 0.3) is 0 Å². The molecule has 3 saturated carbocycles. The van der Waals surface area contributed by atoms with Crippen LogP contribution in [0.4, 0.5) is 0 Å². The molecule has 0 heterocycles. The molecule has 4 rings (SSSR count). The van der Waals surface area contributed by atoms with Crippen LogP contribution in [0.2, 0.25) is 0 Å². The summed E-state index contributed by atoms with van der Waals surface area (Å²) in [5, 5.41) is 10.1. The largest absolute Gasteiger partial charge is 0.393 e. The zero-order valence-electron chi connectivity index (χ0n) is 15.0. The standard InChI is InChI=1S/C21H32O2/c1-13(22)17-6-7-18-16-5-4-14-12-15(23)8-10-20(14,2)19(16)9-11-21(17,18)3/h6,14-16,18-19,23H,4-5,7-12H2,1-3H3/t14-,15-,16-,18-,19-,20-,21+/m1/s1. The lowest BCUT2D eigenvalue weighted by Crippen LogP contribution is -2.53. The third-order valence-corrected chi connectivity index (χ3v) is 8.60. The zero-order valence-corrected chi connectivity index (χ0v) is 15.0. The lowest BCUT2D eigenvalue weighted by Gasteiger charge is -2.60. The minimum Gasteiger partial charge on any atom is -0.393 e. The fourth-order valence-electron chi connectivity index (χ4n) is 7.35. The minimum absolute atomic E-state index is 0.0593. The first-order chi connectivity index (χ1) is 10.9. The van der Waals surface area contributed by atoms with Crippen LogP contribution in [0, 0.1) is 34.5 Å². The Morgan fingerprint density at radius 2 is 1.91 bits per heavy atom. The molecule has 0 aromatic rings. The van der Waals surface area contributed by atoms with Crippen molar-refractivity contribution >= 4 is 5.78 Å². The SMILES string of the molecule is CC(=O)C1=CC[C@@H]2[C@H]3CC[C@@H]4C[C@H](O)CC[C@@]4(C)[C@@H]3CC[C@@]12C. The molecule has 0 spiro atoms. The van der Waals surface area contributed by atoms with E-state index in [0.717, 1.165) is 42.6 Å². The van der Waals surface area contributed by atoms with Crippen molar-refractivity contribution in [1.82, 2.24) is 0 Å². The number of fused-ring (bicyclic) bond motifs is 5. The first-order valence-electron chi connectivity index (χ1n) is 9.76. The molecule has 2 heteroatoms. The molecule has 0 radical (unpaired) electrons. The summed E-state index contributed by atoms with van der Waals surface area (Å²) < 4.78 is 0. The van der Waals surface area contributed by atoms with Crippen molar-refractivity contribution < 1.29 is 9.90 Å². The van der Waals surface area contributed by atoms with Gasteiger partial charge in [-0.1, -0.05) is 19.9 Å². The highest BCUT2D eigenvalue weighted by Crippen LogP contribution is 2.66.